The van der Waals surface area contributed by atoms with Crippen LogP contribution in [0.1, 0.15) is 69.4 Å². The van der Waals surface area contributed by atoms with Crippen LogP contribution in [0.5, 0.6) is 0 Å². The number of nitriles is 1. The number of carbonyl (C=O) groups excluding carboxylic acids is 2. The van der Waals surface area contributed by atoms with E-state index in [0.717, 1.165) is 68.7 Å². The summed E-state index contributed by atoms with van der Waals surface area (Å²) in [7, 11) is 0. The zero-order valence-electron chi connectivity index (χ0n) is 19.8. The number of carbonyl (C=O) groups is 2. The average Bonchev–Trinajstić information content (AvgIpc) is 3.36. The minimum atomic E-state index is -0.274. The summed E-state index contributed by atoms with van der Waals surface area (Å²) in [5, 5.41) is 12.8. The van der Waals surface area contributed by atoms with Crippen molar-refractivity contribution < 1.29 is 9.59 Å². The van der Waals surface area contributed by atoms with E-state index in [0.29, 0.717) is 23.8 Å². The number of nitrogens with one attached hydrogen (secondary N) is 1. The third-order valence-corrected chi connectivity index (χ3v) is 7.99. The van der Waals surface area contributed by atoms with Crippen LogP contribution in [0.3, 0.4) is 0 Å². The van der Waals surface area contributed by atoms with Crippen LogP contribution in [0.25, 0.3) is 0 Å². The van der Waals surface area contributed by atoms with Gasteiger partial charge in [0, 0.05) is 55.3 Å². The molecule has 6 nitrogen and oxygen atoms in total. The third kappa shape index (κ3) is 5.70. The maximum absolute atomic E-state index is 12.9. The van der Waals surface area contributed by atoms with Crippen molar-refractivity contribution in [2.24, 2.45) is 11.3 Å². The van der Waals surface area contributed by atoms with Gasteiger partial charge in [-0.2, -0.15) is 5.26 Å². The van der Waals surface area contributed by atoms with Gasteiger partial charge in [-0.15, -0.1) is 0 Å². The van der Waals surface area contributed by atoms with E-state index in [4.69, 9.17) is 11.6 Å². The molecule has 1 unspecified atom stereocenters. The lowest BCUT2D eigenvalue weighted by molar-refractivity contribution is -0.140. The molecular formula is C26H35ClN4O2. The highest BCUT2D eigenvalue weighted by molar-refractivity contribution is 6.31. The number of nitrogens with zero attached hydrogens (tertiary/aromatic N) is 3. The molecule has 1 atom stereocenters. The Morgan fingerprint density at radius 3 is 2.61 bits per heavy atom. The van der Waals surface area contributed by atoms with Crippen molar-refractivity contribution in [1.29, 1.82) is 5.26 Å². The molecule has 0 spiro atoms. The number of piperazine rings is 1. The monoisotopic (exact) mass is 470 g/mol. The van der Waals surface area contributed by atoms with Gasteiger partial charge in [-0.1, -0.05) is 24.4 Å². The molecule has 2 aliphatic carbocycles. The lowest BCUT2D eigenvalue weighted by Crippen LogP contribution is -2.54. The number of anilines is 1. The molecule has 33 heavy (non-hydrogen) atoms. The summed E-state index contributed by atoms with van der Waals surface area (Å²) < 4.78 is 0. The van der Waals surface area contributed by atoms with Gasteiger partial charge in [-0.25, -0.2) is 0 Å². The maximum atomic E-state index is 12.9. The summed E-state index contributed by atoms with van der Waals surface area (Å²) in [6.45, 7) is 7.34. The molecule has 3 aliphatic rings. The van der Waals surface area contributed by atoms with Gasteiger partial charge in [0.05, 0.1) is 11.5 Å². The summed E-state index contributed by atoms with van der Waals surface area (Å²) in [5.41, 5.74) is 2.58. The molecule has 0 radical (unpaired) electrons. The van der Waals surface area contributed by atoms with Crippen molar-refractivity contribution in [3.8, 4) is 6.07 Å². The van der Waals surface area contributed by atoms with Gasteiger partial charge in [-0.05, 0) is 69.2 Å². The van der Waals surface area contributed by atoms with E-state index < -0.39 is 0 Å². The molecule has 0 aromatic heterocycles. The maximum Gasteiger partial charge on any atom is 0.226 e. The number of halogens is 1. The predicted molar refractivity (Wildman–Crippen MR) is 130 cm³/mol. The highest BCUT2D eigenvalue weighted by Crippen LogP contribution is 2.48. The number of amides is 2. The molecule has 7 heteroatoms. The molecule has 1 heterocycles. The predicted octanol–water partition coefficient (Wildman–Crippen LogP) is 4.89. The van der Waals surface area contributed by atoms with E-state index >= 15 is 0 Å². The minimum Gasteiger partial charge on any atom is -0.337 e. The normalized spacial score (nSPS) is 22.7. The highest BCUT2D eigenvalue weighted by atomic mass is 35.5. The van der Waals surface area contributed by atoms with Crippen LogP contribution in [-0.4, -0.2) is 47.3 Å². The first kappa shape index (κ1) is 24.0. The summed E-state index contributed by atoms with van der Waals surface area (Å²) >= 11 is 6.41. The molecule has 3 fully saturated rings. The smallest absolute Gasteiger partial charge is 0.226 e. The summed E-state index contributed by atoms with van der Waals surface area (Å²) in [4.78, 5) is 29.9. The molecule has 1 N–H and O–H groups in total. The van der Waals surface area contributed by atoms with Crippen molar-refractivity contribution in [1.82, 2.24) is 9.80 Å². The summed E-state index contributed by atoms with van der Waals surface area (Å²) in [6.07, 6.45) is 7.20. The molecule has 0 bridgehead atoms. The number of hydrogen-bond acceptors (Lipinski definition) is 4. The molecular weight excluding hydrogens is 436 g/mol. The van der Waals surface area contributed by atoms with Gasteiger partial charge >= 0.3 is 0 Å². The SMILES string of the molecule is Cc1c(CN2CCN(C(=O)C3CCCC3)C(C)C2)cc(Cl)cc1NC(=O)CCC1(C#N)CC1. The van der Waals surface area contributed by atoms with E-state index in [1.807, 2.05) is 13.0 Å². The van der Waals surface area contributed by atoms with Gasteiger partial charge < -0.3 is 10.2 Å². The summed E-state index contributed by atoms with van der Waals surface area (Å²) in [6, 6.07) is 6.32. The van der Waals surface area contributed by atoms with E-state index in [1.54, 1.807) is 6.07 Å². The Morgan fingerprint density at radius 2 is 1.97 bits per heavy atom. The van der Waals surface area contributed by atoms with Crippen LogP contribution >= 0.6 is 11.6 Å². The second-order valence-corrected chi connectivity index (χ2v) is 10.7. The molecule has 1 aromatic rings. The first-order valence-corrected chi connectivity index (χ1v) is 12.7. The first-order valence-electron chi connectivity index (χ1n) is 12.3. The van der Waals surface area contributed by atoms with Crippen LogP contribution in [0.4, 0.5) is 5.69 Å². The largest absolute Gasteiger partial charge is 0.337 e. The molecule has 1 aromatic carbocycles. The fourth-order valence-electron chi connectivity index (χ4n) is 5.32. The topological polar surface area (TPSA) is 76.4 Å². The van der Waals surface area contributed by atoms with Crippen LogP contribution in [-0.2, 0) is 16.1 Å². The van der Waals surface area contributed by atoms with Crippen molar-refractivity contribution in [2.75, 3.05) is 25.0 Å². The number of rotatable bonds is 7. The van der Waals surface area contributed by atoms with Gasteiger partial charge in [0.1, 0.15) is 0 Å². The van der Waals surface area contributed by atoms with Gasteiger partial charge in [-0.3, -0.25) is 14.5 Å². The standard InChI is InChI=1S/C26H35ClN4O2/c1-18-15-30(11-12-31(18)25(33)20-5-3-4-6-20)16-21-13-22(27)14-23(19(21)2)29-24(32)7-8-26(17-28)9-10-26/h13-14,18,20H,3-12,15-16H2,1-2H3,(H,29,32). The Morgan fingerprint density at radius 1 is 1.24 bits per heavy atom. The Balaban J connectivity index is 1.35. The Hall–Kier alpha value is -2.10. The van der Waals surface area contributed by atoms with Gasteiger partial charge in [0.15, 0.2) is 0 Å². The Bertz CT molecular complexity index is 946. The average molecular weight is 471 g/mol. The van der Waals surface area contributed by atoms with Crippen molar-refractivity contribution in [3.05, 3.63) is 28.3 Å². The molecule has 2 saturated carbocycles. The Labute approximate surface area is 202 Å². The molecule has 178 valence electrons. The van der Waals surface area contributed by atoms with Crippen molar-refractivity contribution >= 4 is 29.1 Å². The minimum absolute atomic E-state index is 0.0690. The van der Waals surface area contributed by atoms with E-state index in [9.17, 15) is 14.9 Å². The fraction of sp³-hybridized carbons (Fsp3) is 0.654. The van der Waals surface area contributed by atoms with Crippen LogP contribution < -0.4 is 5.32 Å². The van der Waals surface area contributed by atoms with Crippen molar-refractivity contribution in [2.45, 2.75) is 77.8 Å². The van der Waals surface area contributed by atoms with E-state index in [2.05, 4.69) is 28.1 Å². The van der Waals surface area contributed by atoms with Crippen LogP contribution in [0.15, 0.2) is 12.1 Å². The van der Waals surface area contributed by atoms with E-state index in [1.165, 1.54) is 12.8 Å². The van der Waals surface area contributed by atoms with Crippen LogP contribution in [0, 0.1) is 29.6 Å². The highest BCUT2D eigenvalue weighted by Gasteiger charge is 2.42. The molecule has 1 aliphatic heterocycles. The summed E-state index contributed by atoms with van der Waals surface area (Å²) in [5.74, 6) is 0.497. The number of hydrogen-bond donors (Lipinski definition) is 1. The third-order valence-electron chi connectivity index (χ3n) is 7.77. The van der Waals surface area contributed by atoms with Gasteiger partial charge in [0.2, 0.25) is 11.8 Å². The van der Waals surface area contributed by atoms with E-state index in [-0.39, 0.29) is 23.3 Å². The Kier molecular flexibility index (Phi) is 7.31. The fourth-order valence-corrected chi connectivity index (χ4v) is 5.56. The zero-order chi connectivity index (χ0) is 23.6. The molecule has 1 saturated heterocycles. The molecule has 2 amide bonds. The lowest BCUT2D eigenvalue weighted by Gasteiger charge is -2.41. The lowest BCUT2D eigenvalue weighted by atomic mass is 10.0. The van der Waals surface area contributed by atoms with Crippen molar-refractivity contribution in [3.63, 3.8) is 0 Å². The second kappa shape index (κ2) is 10.0. The quantitative estimate of drug-likeness (QED) is 0.615. The molecule has 4 rings (SSSR count). The first-order chi connectivity index (χ1) is 15.8. The number of benzene rings is 1. The second-order valence-electron chi connectivity index (χ2n) is 10.3. The zero-order valence-corrected chi connectivity index (χ0v) is 20.6. The van der Waals surface area contributed by atoms with Crippen LogP contribution in [0.2, 0.25) is 5.02 Å². The van der Waals surface area contributed by atoms with Gasteiger partial charge in [0.25, 0.3) is 0 Å².